The average Bonchev–Trinajstić information content (AvgIpc) is 3.77. The molecule has 0 bridgehead atoms. The summed E-state index contributed by atoms with van der Waals surface area (Å²) < 4.78 is 22.2. The third kappa shape index (κ3) is 6.44. The molecule has 2 aromatic heterocycles. The zero-order valence-electron chi connectivity index (χ0n) is 23.0. The number of methoxy groups -OCH3 is 2. The van der Waals surface area contributed by atoms with Crippen molar-refractivity contribution < 1.29 is 28.2 Å². The fourth-order valence-corrected chi connectivity index (χ4v) is 5.37. The number of ether oxygens (including phenoxy) is 3. The Kier molecular flexibility index (Phi) is 8.94. The molecule has 1 saturated heterocycles. The van der Waals surface area contributed by atoms with Crippen molar-refractivity contribution in [2.24, 2.45) is 0 Å². The highest BCUT2D eigenvalue weighted by Crippen LogP contribution is 2.31. The zero-order valence-corrected chi connectivity index (χ0v) is 23.0. The van der Waals surface area contributed by atoms with Gasteiger partial charge in [0, 0.05) is 24.8 Å². The number of furan rings is 1. The molecule has 1 saturated carbocycles. The summed E-state index contributed by atoms with van der Waals surface area (Å²) in [6.45, 7) is 0.673. The molecule has 214 valence electrons. The summed E-state index contributed by atoms with van der Waals surface area (Å²) >= 11 is 0. The fourth-order valence-electron chi connectivity index (χ4n) is 5.37. The fraction of sp³-hybridized carbons (Fsp3) is 0.536. The van der Waals surface area contributed by atoms with Crippen molar-refractivity contribution in [3.8, 4) is 22.9 Å². The van der Waals surface area contributed by atoms with Crippen molar-refractivity contribution in [2.75, 3.05) is 27.4 Å². The quantitative estimate of drug-likeness (QED) is 0.381. The minimum Gasteiger partial charge on any atom is -0.493 e. The molecule has 3 aromatic rings. The normalized spacial score (nSPS) is 18.3. The van der Waals surface area contributed by atoms with Crippen LogP contribution in [0.4, 0.5) is 0 Å². The van der Waals surface area contributed by atoms with Crippen LogP contribution in [0.3, 0.4) is 0 Å². The molecule has 12 heteroatoms. The summed E-state index contributed by atoms with van der Waals surface area (Å²) in [7, 11) is 3.11. The lowest BCUT2D eigenvalue weighted by atomic mass is 9.95. The molecule has 1 aliphatic carbocycles. The predicted octanol–water partition coefficient (Wildman–Crippen LogP) is 3.15. The van der Waals surface area contributed by atoms with Gasteiger partial charge >= 0.3 is 0 Å². The van der Waals surface area contributed by atoms with Gasteiger partial charge in [-0.2, -0.15) is 4.80 Å². The molecule has 2 aliphatic rings. The molecular weight excluding hydrogens is 516 g/mol. The second-order valence-electron chi connectivity index (χ2n) is 10.2. The first-order chi connectivity index (χ1) is 19.6. The number of carbonyl (C=O) groups is 2. The molecule has 1 aromatic carbocycles. The Balaban J connectivity index is 1.38. The summed E-state index contributed by atoms with van der Waals surface area (Å²) in [5.41, 5.74) is 0.660. The number of hydrogen-bond acceptors (Lipinski definition) is 9. The Morgan fingerprint density at radius 1 is 1.10 bits per heavy atom. The van der Waals surface area contributed by atoms with Gasteiger partial charge in [-0.05, 0) is 61.2 Å². The number of nitrogens with zero attached hydrogens (tertiary/aromatic N) is 5. The van der Waals surface area contributed by atoms with E-state index in [9.17, 15) is 9.59 Å². The van der Waals surface area contributed by atoms with Gasteiger partial charge in [0.25, 0.3) is 5.91 Å². The molecule has 2 atom stereocenters. The molecule has 0 spiro atoms. The summed E-state index contributed by atoms with van der Waals surface area (Å²) in [6.07, 6.45) is 8.25. The van der Waals surface area contributed by atoms with Crippen molar-refractivity contribution in [1.29, 1.82) is 0 Å². The van der Waals surface area contributed by atoms with E-state index in [0.717, 1.165) is 38.5 Å². The van der Waals surface area contributed by atoms with Crippen LogP contribution >= 0.6 is 0 Å². The zero-order chi connectivity index (χ0) is 27.9. The van der Waals surface area contributed by atoms with E-state index in [-0.39, 0.29) is 37.0 Å². The van der Waals surface area contributed by atoms with Crippen LogP contribution in [0.1, 0.15) is 56.7 Å². The topological polar surface area (TPSA) is 134 Å². The molecular formula is C28H36N6O6. The van der Waals surface area contributed by atoms with E-state index < -0.39 is 6.04 Å². The highest BCUT2D eigenvalue weighted by molar-refractivity contribution is 5.88. The summed E-state index contributed by atoms with van der Waals surface area (Å²) in [6, 6.07) is 7.87. The number of amides is 2. The second kappa shape index (κ2) is 12.9. The van der Waals surface area contributed by atoms with Gasteiger partial charge in [-0.15, -0.1) is 10.2 Å². The maximum atomic E-state index is 13.8. The maximum Gasteiger partial charge on any atom is 0.250 e. The van der Waals surface area contributed by atoms with Crippen LogP contribution in [-0.4, -0.2) is 76.4 Å². The van der Waals surface area contributed by atoms with Crippen LogP contribution < -0.4 is 14.8 Å². The lowest BCUT2D eigenvalue weighted by molar-refractivity contribution is -0.144. The van der Waals surface area contributed by atoms with Gasteiger partial charge in [-0.3, -0.25) is 9.59 Å². The van der Waals surface area contributed by atoms with Crippen molar-refractivity contribution in [3.63, 3.8) is 0 Å². The average molecular weight is 553 g/mol. The van der Waals surface area contributed by atoms with Crippen molar-refractivity contribution >= 4 is 11.8 Å². The van der Waals surface area contributed by atoms with Crippen LogP contribution in [0.15, 0.2) is 41.0 Å². The highest BCUT2D eigenvalue weighted by Gasteiger charge is 2.37. The van der Waals surface area contributed by atoms with E-state index in [1.54, 1.807) is 44.6 Å². The first kappa shape index (κ1) is 27.6. The van der Waals surface area contributed by atoms with Crippen molar-refractivity contribution in [3.05, 3.63) is 42.4 Å². The number of aromatic nitrogens is 4. The van der Waals surface area contributed by atoms with Crippen LogP contribution in [0.5, 0.6) is 11.5 Å². The third-order valence-electron chi connectivity index (χ3n) is 7.44. The molecule has 40 heavy (non-hydrogen) atoms. The van der Waals surface area contributed by atoms with Gasteiger partial charge in [0.2, 0.25) is 11.7 Å². The Bertz CT molecular complexity index is 1270. The smallest absolute Gasteiger partial charge is 0.250 e. The molecule has 2 amide bonds. The van der Waals surface area contributed by atoms with Gasteiger partial charge in [0.15, 0.2) is 17.5 Å². The molecule has 2 fully saturated rings. The molecule has 12 nitrogen and oxygen atoms in total. The SMILES string of the molecule is COc1ccc(-c2nnn(CC(=O)N(C[C@@H]3CCCO3)[C@@H](C(=O)NC3CCCCC3)c3ccco3)n2)cc1OC. The number of tetrazole rings is 1. The summed E-state index contributed by atoms with van der Waals surface area (Å²) in [5, 5.41) is 15.8. The Hall–Kier alpha value is -3.93. The van der Waals surface area contributed by atoms with Gasteiger partial charge in [-0.25, -0.2) is 0 Å². The van der Waals surface area contributed by atoms with E-state index in [1.807, 2.05) is 0 Å². The molecule has 5 rings (SSSR count). The van der Waals surface area contributed by atoms with E-state index >= 15 is 0 Å². The molecule has 3 heterocycles. The van der Waals surface area contributed by atoms with Gasteiger partial charge in [-0.1, -0.05) is 19.3 Å². The first-order valence-electron chi connectivity index (χ1n) is 13.8. The minimum absolute atomic E-state index is 0.0828. The van der Waals surface area contributed by atoms with Crippen LogP contribution in [0.25, 0.3) is 11.4 Å². The van der Waals surface area contributed by atoms with Crippen molar-refractivity contribution in [2.45, 2.75) is 69.7 Å². The van der Waals surface area contributed by atoms with E-state index in [1.165, 1.54) is 22.4 Å². The lowest BCUT2D eigenvalue weighted by Crippen LogP contribution is -2.49. The molecule has 0 radical (unpaired) electrons. The second-order valence-corrected chi connectivity index (χ2v) is 10.2. The number of carbonyl (C=O) groups excluding carboxylic acids is 2. The summed E-state index contributed by atoms with van der Waals surface area (Å²) in [5.74, 6) is 1.24. The number of rotatable bonds is 11. The lowest BCUT2D eigenvalue weighted by Gasteiger charge is -2.33. The van der Waals surface area contributed by atoms with Gasteiger partial charge in [0.1, 0.15) is 12.3 Å². The number of nitrogens with one attached hydrogen (secondary N) is 1. The highest BCUT2D eigenvalue weighted by atomic mass is 16.5. The van der Waals surface area contributed by atoms with E-state index in [2.05, 4.69) is 20.7 Å². The van der Waals surface area contributed by atoms with Gasteiger partial charge in [0.05, 0.1) is 26.6 Å². The molecule has 1 aliphatic heterocycles. The largest absolute Gasteiger partial charge is 0.493 e. The maximum absolute atomic E-state index is 13.8. The molecule has 0 unspecified atom stereocenters. The Labute approximate surface area is 232 Å². The monoisotopic (exact) mass is 552 g/mol. The standard InChI is InChI=1S/C28H36N6O6/c1-37-22-13-12-19(16-24(22)38-2)27-30-32-34(31-27)18-25(35)33(17-21-10-6-14-39-21)26(23-11-7-15-40-23)28(36)29-20-8-4-3-5-9-20/h7,11-13,15-16,20-21,26H,3-6,8-10,14,17-18H2,1-2H3,(H,29,36)/t21-,26+/m0/s1. The first-order valence-corrected chi connectivity index (χ1v) is 13.8. The minimum atomic E-state index is -0.942. The number of benzene rings is 1. The van der Waals surface area contributed by atoms with E-state index in [0.29, 0.717) is 35.3 Å². The summed E-state index contributed by atoms with van der Waals surface area (Å²) in [4.78, 5) is 30.3. The molecule has 1 N–H and O–H groups in total. The van der Waals surface area contributed by atoms with Crippen LogP contribution in [0.2, 0.25) is 0 Å². The Morgan fingerprint density at radius 2 is 1.93 bits per heavy atom. The van der Waals surface area contributed by atoms with Crippen LogP contribution in [-0.2, 0) is 20.9 Å². The predicted molar refractivity (Wildman–Crippen MR) is 144 cm³/mol. The van der Waals surface area contributed by atoms with Crippen LogP contribution in [0, 0.1) is 0 Å². The van der Waals surface area contributed by atoms with Gasteiger partial charge < -0.3 is 28.8 Å². The number of hydrogen-bond donors (Lipinski definition) is 1. The Morgan fingerprint density at radius 3 is 2.62 bits per heavy atom. The third-order valence-corrected chi connectivity index (χ3v) is 7.44. The van der Waals surface area contributed by atoms with Crippen molar-refractivity contribution in [1.82, 2.24) is 30.4 Å². The van der Waals surface area contributed by atoms with E-state index in [4.69, 9.17) is 18.6 Å².